The Morgan fingerprint density at radius 3 is 2.67 bits per heavy atom. The van der Waals surface area contributed by atoms with Crippen molar-refractivity contribution in [1.82, 2.24) is 9.88 Å². The van der Waals surface area contributed by atoms with E-state index in [2.05, 4.69) is 9.88 Å². The van der Waals surface area contributed by atoms with E-state index in [-0.39, 0.29) is 5.91 Å². The first-order chi connectivity index (χ1) is 11.6. The van der Waals surface area contributed by atoms with Gasteiger partial charge in [0.25, 0.3) is 5.91 Å². The second-order valence-electron chi connectivity index (χ2n) is 5.76. The van der Waals surface area contributed by atoms with Crippen LogP contribution in [0.15, 0.2) is 42.6 Å². The van der Waals surface area contributed by atoms with E-state index in [1.807, 2.05) is 36.4 Å². The number of hydrogen-bond acceptors (Lipinski definition) is 4. The summed E-state index contributed by atoms with van der Waals surface area (Å²) in [6.07, 6.45) is 1.64. The number of halogens is 1. The van der Waals surface area contributed by atoms with Gasteiger partial charge in [0.1, 0.15) is 5.82 Å². The van der Waals surface area contributed by atoms with Crippen molar-refractivity contribution in [2.75, 3.05) is 38.3 Å². The van der Waals surface area contributed by atoms with Crippen molar-refractivity contribution < 1.29 is 9.53 Å². The molecule has 24 heavy (non-hydrogen) atoms. The summed E-state index contributed by atoms with van der Waals surface area (Å²) in [7, 11) is 1.77. The number of carbonyl (C=O) groups excluding carboxylic acids is 1. The molecule has 0 bridgehead atoms. The molecular weight excluding hydrogens is 326 g/mol. The molecule has 1 saturated heterocycles. The molecule has 6 heteroatoms. The highest BCUT2D eigenvalue weighted by Gasteiger charge is 2.16. The minimum Gasteiger partial charge on any atom is -0.378 e. The average molecular weight is 346 g/mol. The van der Waals surface area contributed by atoms with Crippen LogP contribution < -0.4 is 4.90 Å². The summed E-state index contributed by atoms with van der Waals surface area (Å²) in [6.45, 7) is 3.54. The molecule has 3 rings (SSSR count). The maximum absolute atomic E-state index is 12.6. The van der Waals surface area contributed by atoms with E-state index in [0.29, 0.717) is 30.3 Å². The predicted molar refractivity (Wildman–Crippen MR) is 94.5 cm³/mol. The lowest BCUT2D eigenvalue weighted by molar-refractivity contribution is 0.0784. The first-order valence-corrected chi connectivity index (χ1v) is 8.30. The van der Waals surface area contributed by atoms with E-state index in [9.17, 15) is 4.79 Å². The number of nitrogens with zero attached hydrogens (tertiary/aromatic N) is 3. The summed E-state index contributed by atoms with van der Waals surface area (Å²) in [5.41, 5.74) is 1.49. The first-order valence-electron chi connectivity index (χ1n) is 7.93. The Morgan fingerprint density at radius 1 is 1.25 bits per heavy atom. The van der Waals surface area contributed by atoms with Gasteiger partial charge < -0.3 is 14.5 Å². The van der Waals surface area contributed by atoms with E-state index >= 15 is 0 Å². The van der Waals surface area contributed by atoms with E-state index in [0.717, 1.165) is 24.5 Å². The van der Waals surface area contributed by atoms with E-state index in [1.165, 1.54) is 0 Å². The van der Waals surface area contributed by atoms with Crippen molar-refractivity contribution in [2.45, 2.75) is 6.54 Å². The number of benzene rings is 1. The highest BCUT2D eigenvalue weighted by Crippen LogP contribution is 2.18. The molecule has 0 spiro atoms. The van der Waals surface area contributed by atoms with Crippen LogP contribution in [-0.4, -0.2) is 49.1 Å². The van der Waals surface area contributed by atoms with Gasteiger partial charge in [-0.15, -0.1) is 0 Å². The van der Waals surface area contributed by atoms with Gasteiger partial charge in [0.15, 0.2) is 0 Å². The van der Waals surface area contributed by atoms with Gasteiger partial charge >= 0.3 is 0 Å². The minimum atomic E-state index is -0.0732. The van der Waals surface area contributed by atoms with Crippen LogP contribution in [0.2, 0.25) is 5.02 Å². The van der Waals surface area contributed by atoms with Crippen molar-refractivity contribution in [3.05, 3.63) is 58.7 Å². The normalized spacial score (nSPS) is 14.5. The molecule has 0 atom stereocenters. The van der Waals surface area contributed by atoms with Gasteiger partial charge in [-0.05, 0) is 23.8 Å². The van der Waals surface area contributed by atoms with Crippen LogP contribution in [-0.2, 0) is 11.3 Å². The van der Waals surface area contributed by atoms with Gasteiger partial charge in [0.2, 0.25) is 0 Å². The van der Waals surface area contributed by atoms with Crippen LogP contribution in [0.5, 0.6) is 0 Å². The van der Waals surface area contributed by atoms with Crippen LogP contribution in [0.4, 0.5) is 5.82 Å². The maximum atomic E-state index is 12.6. The molecule has 0 unspecified atom stereocenters. The van der Waals surface area contributed by atoms with Crippen molar-refractivity contribution in [3.8, 4) is 0 Å². The Kier molecular flexibility index (Phi) is 5.33. The number of morpholine rings is 1. The molecule has 5 nitrogen and oxygen atoms in total. The molecule has 1 aromatic heterocycles. The number of aromatic nitrogens is 1. The third-order valence-corrected chi connectivity index (χ3v) is 4.41. The lowest BCUT2D eigenvalue weighted by atomic mass is 10.2. The van der Waals surface area contributed by atoms with Gasteiger partial charge in [0.05, 0.1) is 18.8 Å². The standard InChI is InChI=1S/C18H20ClN3O2/c1-21(13-15-4-2-3-5-16(15)19)18(23)14-6-7-17(20-12-14)22-8-10-24-11-9-22/h2-7,12H,8-11,13H2,1H3. The molecule has 2 heterocycles. The maximum Gasteiger partial charge on any atom is 0.255 e. The predicted octanol–water partition coefficient (Wildman–Crippen LogP) is 2.84. The van der Waals surface area contributed by atoms with Crippen molar-refractivity contribution in [1.29, 1.82) is 0 Å². The number of ether oxygens (including phenoxy) is 1. The molecule has 0 radical (unpaired) electrons. The zero-order valence-electron chi connectivity index (χ0n) is 13.6. The average Bonchev–Trinajstić information content (AvgIpc) is 2.64. The zero-order valence-corrected chi connectivity index (χ0v) is 14.4. The number of carbonyl (C=O) groups is 1. The summed E-state index contributed by atoms with van der Waals surface area (Å²) in [4.78, 5) is 20.8. The monoisotopic (exact) mass is 345 g/mol. The molecule has 1 aliphatic heterocycles. The minimum absolute atomic E-state index is 0.0732. The van der Waals surface area contributed by atoms with E-state index < -0.39 is 0 Å². The molecule has 1 aliphatic rings. The second-order valence-corrected chi connectivity index (χ2v) is 6.16. The van der Waals surface area contributed by atoms with Crippen LogP contribution in [0.3, 0.4) is 0 Å². The smallest absolute Gasteiger partial charge is 0.255 e. The Labute approximate surface area is 146 Å². The van der Waals surface area contributed by atoms with Crippen LogP contribution in [0, 0.1) is 0 Å². The largest absolute Gasteiger partial charge is 0.378 e. The van der Waals surface area contributed by atoms with Crippen molar-refractivity contribution >= 4 is 23.3 Å². The van der Waals surface area contributed by atoms with Crippen molar-refractivity contribution in [3.63, 3.8) is 0 Å². The number of hydrogen-bond donors (Lipinski definition) is 0. The summed E-state index contributed by atoms with van der Waals surface area (Å²) in [5, 5.41) is 0.665. The molecule has 0 aliphatic carbocycles. The highest BCUT2D eigenvalue weighted by atomic mass is 35.5. The lowest BCUT2D eigenvalue weighted by Gasteiger charge is -2.27. The quantitative estimate of drug-likeness (QED) is 0.854. The van der Waals surface area contributed by atoms with Gasteiger partial charge in [0, 0.05) is 37.9 Å². The molecule has 1 aromatic carbocycles. The second kappa shape index (κ2) is 7.64. The lowest BCUT2D eigenvalue weighted by Crippen LogP contribution is -2.36. The van der Waals surface area contributed by atoms with Gasteiger partial charge in [-0.25, -0.2) is 4.98 Å². The van der Waals surface area contributed by atoms with Crippen molar-refractivity contribution in [2.24, 2.45) is 0 Å². The topological polar surface area (TPSA) is 45.7 Å². The molecule has 126 valence electrons. The molecule has 1 amide bonds. The van der Waals surface area contributed by atoms with E-state index in [4.69, 9.17) is 16.3 Å². The summed E-state index contributed by atoms with van der Waals surface area (Å²) < 4.78 is 5.34. The van der Waals surface area contributed by atoms with Crippen LogP contribution >= 0.6 is 11.6 Å². The van der Waals surface area contributed by atoms with Crippen LogP contribution in [0.1, 0.15) is 15.9 Å². The van der Waals surface area contributed by atoms with Gasteiger partial charge in [-0.3, -0.25) is 4.79 Å². The third-order valence-electron chi connectivity index (χ3n) is 4.04. The Bertz CT molecular complexity index is 700. The van der Waals surface area contributed by atoms with E-state index in [1.54, 1.807) is 18.1 Å². The number of anilines is 1. The Morgan fingerprint density at radius 2 is 2.00 bits per heavy atom. The Hall–Kier alpha value is -2.11. The first kappa shape index (κ1) is 16.7. The summed E-state index contributed by atoms with van der Waals surface area (Å²) >= 11 is 6.16. The number of rotatable bonds is 4. The molecule has 0 N–H and O–H groups in total. The molecular formula is C18H20ClN3O2. The highest BCUT2D eigenvalue weighted by molar-refractivity contribution is 6.31. The van der Waals surface area contributed by atoms with Crippen LogP contribution in [0.25, 0.3) is 0 Å². The number of pyridine rings is 1. The molecule has 1 fully saturated rings. The number of amides is 1. The fourth-order valence-electron chi connectivity index (χ4n) is 2.67. The SMILES string of the molecule is CN(Cc1ccccc1Cl)C(=O)c1ccc(N2CCOCC2)nc1. The Balaban J connectivity index is 1.67. The summed E-state index contributed by atoms with van der Waals surface area (Å²) in [6, 6.07) is 11.3. The third kappa shape index (κ3) is 3.86. The fourth-order valence-corrected chi connectivity index (χ4v) is 2.86. The molecule has 2 aromatic rings. The van der Waals surface area contributed by atoms with Gasteiger partial charge in [-0.2, -0.15) is 0 Å². The fraction of sp³-hybridized carbons (Fsp3) is 0.333. The summed E-state index contributed by atoms with van der Waals surface area (Å²) in [5.74, 6) is 0.805. The molecule has 0 saturated carbocycles. The van der Waals surface area contributed by atoms with Gasteiger partial charge in [-0.1, -0.05) is 29.8 Å². The zero-order chi connectivity index (χ0) is 16.9.